The molecule has 1 aromatic heterocycles. The molecule has 0 radical (unpaired) electrons. The van der Waals surface area contributed by atoms with Crippen LogP contribution in [-0.2, 0) is 10.5 Å². The molecule has 4 aromatic rings. The monoisotopic (exact) mass is 411 g/mol. The van der Waals surface area contributed by atoms with Crippen molar-refractivity contribution in [3.8, 4) is 22.6 Å². The van der Waals surface area contributed by atoms with Crippen molar-refractivity contribution >= 4 is 17.3 Å². The molecule has 2 N–H and O–H groups in total. The van der Waals surface area contributed by atoms with E-state index in [9.17, 15) is 14.0 Å². The van der Waals surface area contributed by atoms with Crippen LogP contribution < -0.4 is 16.2 Å². The van der Waals surface area contributed by atoms with Crippen LogP contribution in [0.15, 0.2) is 77.6 Å². The lowest BCUT2D eigenvalue weighted by molar-refractivity contribution is -0.121. The molecule has 2 aliphatic rings. The summed E-state index contributed by atoms with van der Waals surface area (Å²) in [6.45, 7) is 0. The number of hydrogen-bond donors (Lipinski definition) is 2. The summed E-state index contributed by atoms with van der Waals surface area (Å²) in [5.74, 6) is -0.490. The van der Waals surface area contributed by atoms with E-state index in [0.29, 0.717) is 28.1 Å². The van der Waals surface area contributed by atoms with Crippen LogP contribution in [0, 0.1) is 5.82 Å². The Morgan fingerprint density at radius 2 is 1.58 bits per heavy atom. The summed E-state index contributed by atoms with van der Waals surface area (Å²) >= 11 is 0. The van der Waals surface area contributed by atoms with Crippen molar-refractivity contribution in [3.63, 3.8) is 0 Å². The fourth-order valence-electron chi connectivity index (χ4n) is 4.20. The Bertz CT molecular complexity index is 1450. The van der Waals surface area contributed by atoms with Crippen molar-refractivity contribution in [2.45, 2.75) is 5.66 Å². The number of rotatable bonds is 1. The summed E-state index contributed by atoms with van der Waals surface area (Å²) in [4.78, 5) is 30.6. The molecule has 1 spiro atoms. The van der Waals surface area contributed by atoms with Crippen LogP contribution in [-0.4, -0.2) is 20.7 Å². The molecule has 0 saturated heterocycles. The predicted molar refractivity (Wildman–Crippen MR) is 113 cm³/mol. The lowest BCUT2D eigenvalue weighted by Gasteiger charge is -2.37. The summed E-state index contributed by atoms with van der Waals surface area (Å²) in [5.41, 5.74) is 1.09. The second-order valence-corrected chi connectivity index (χ2v) is 7.39. The number of aromatic nitrogens is 3. The molecule has 0 bridgehead atoms. The Morgan fingerprint density at radius 3 is 2.39 bits per heavy atom. The fourth-order valence-corrected chi connectivity index (χ4v) is 4.20. The Balaban J connectivity index is 1.70. The molecule has 2 aliphatic heterocycles. The van der Waals surface area contributed by atoms with Gasteiger partial charge in [0.15, 0.2) is 11.5 Å². The average molecular weight is 411 g/mol. The number of carbonyl (C=O) groups is 1. The molecule has 6 rings (SSSR count). The average Bonchev–Trinajstić information content (AvgIpc) is 3.06. The number of amides is 1. The summed E-state index contributed by atoms with van der Waals surface area (Å²) in [5, 5.41) is 10.8. The maximum absolute atomic E-state index is 13.4. The predicted octanol–water partition coefficient (Wildman–Crippen LogP) is 3.19. The first-order valence-corrected chi connectivity index (χ1v) is 9.64. The molecule has 0 aliphatic carbocycles. The lowest BCUT2D eigenvalue weighted by atomic mass is 9.96. The van der Waals surface area contributed by atoms with Gasteiger partial charge < -0.3 is 10.6 Å². The number of anilines is 2. The molecule has 1 atom stereocenters. The molecule has 31 heavy (non-hydrogen) atoms. The van der Waals surface area contributed by atoms with Gasteiger partial charge in [-0.2, -0.15) is 10.1 Å². The zero-order chi connectivity index (χ0) is 21.2. The largest absolute Gasteiger partial charge is 0.349 e. The summed E-state index contributed by atoms with van der Waals surface area (Å²) in [7, 11) is 0. The highest BCUT2D eigenvalue weighted by Gasteiger charge is 2.53. The summed E-state index contributed by atoms with van der Waals surface area (Å²) < 4.78 is 14.9. The lowest BCUT2D eigenvalue weighted by Crippen LogP contribution is -2.53. The molecule has 7 nitrogen and oxygen atoms in total. The quantitative estimate of drug-likeness (QED) is 0.502. The SMILES string of the molecule is O=C1Nc2ccccc2[C@]12Nc1ccccc1-c1nc(=O)c(-c3ccc(F)cc3)nn12. The zero-order valence-corrected chi connectivity index (χ0v) is 16.0. The van der Waals surface area contributed by atoms with Crippen molar-refractivity contribution in [2.24, 2.45) is 0 Å². The third-order valence-electron chi connectivity index (χ3n) is 5.62. The maximum atomic E-state index is 13.4. The van der Waals surface area contributed by atoms with Gasteiger partial charge in [0, 0.05) is 28.1 Å². The van der Waals surface area contributed by atoms with Gasteiger partial charge in [-0.3, -0.25) is 9.59 Å². The number of carbonyl (C=O) groups excluding carboxylic acids is 1. The first-order chi connectivity index (χ1) is 15.1. The molecule has 0 fully saturated rings. The summed E-state index contributed by atoms with van der Waals surface area (Å²) in [6, 6.07) is 20.0. The van der Waals surface area contributed by atoms with Gasteiger partial charge in [-0.1, -0.05) is 30.3 Å². The van der Waals surface area contributed by atoms with Crippen LogP contribution in [0.2, 0.25) is 0 Å². The van der Waals surface area contributed by atoms with Gasteiger partial charge in [0.25, 0.3) is 11.5 Å². The Morgan fingerprint density at radius 1 is 0.871 bits per heavy atom. The zero-order valence-electron chi connectivity index (χ0n) is 16.0. The van der Waals surface area contributed by atoms with Crippen molar-refractivity contribution < 1.29 is 9.18 Å². The maximum Gasteiger partial charge on any atom is 0.300 e. The number of nitrogens with one attached hydrogen (secondary N) is 2. The van der Waals surface area contributed by atoms with E-state index in [2.05, 4.69) is 20.7 Å². The van der Waals surface area contributed by atoms with Crippen molar-refractivity contribution in [1.82, 2.24) is 14.8 Å². The smallest absolute Gasteiger partial charge is 0.300 e. The second-order valence-electron chi connectivity index (χ2n) is 7.39. The van der Waals surface area contributed by atoms with Gasteiger partial charge in [0.05, 0.1) is 0 Å². The molecule has 3 heterocycles. The minimum atomic E-state index is -1.42. The summed E-state index contributed by atoms with van der Waals surface area (Å²) in [6.07, 6.45) is 0. The van der Waals surface area contributed by atoms with Crippen LogP contribution in [0.25, 0.3) is 22.6 Å². The minimum absolute atomic E-state index is 0.0292. The number of fused-ring (bicyclic) bond motifs is 6. The fraction of sp³-hybridized carbons (Fsp3) is 0.0435. The van der Waals surface area contributed by atoms with Gasteiger partial charge >= 0.3 is 0 Å². The van der Waals surface area contributed by atoms with Crippen molar-refractivity contribution in [1.29, 1.82) is 0 Å². The number of benzene rings is 3. The molecular weight excluding hydrogens is 397 g/mol. The van der Waals surface area contributed by atoms with Crippen LogP contribution >= 0.6 is 0 Å². The second kappa shape index (κ2) is 6.09. The van der Waals surface area contributed by atoms with Gasteiger partial charge in [0.1, 0.15) is 5.82 Å². The van der Waals surface area contributed by atoms with E-state index in [1.165, 1.54) is 28.9 Å². The molecule has 0 saturated carbocycles. The molecule has 1 amide bonds. The van der Waals surface area contributed by atoms with E-state index >= 15 is 0 Å². The van der Waals surface area contributed by atoms with Crippen molar-refractivity contribution in [3.05, 3.63) is 94.5 Å². The Hall–Kier alpha value is -4.33. The highest BCUT2D eigenvalue weighted by atomic mass is 19.1. The van der Waals surface area contributed by atoms with Crippen LogP contribution in [0.1, 0.15) is 5.56 Å². The van der Waals surface area contributed by atoms with Crippen molar-refractivity contribution in [2.75, 3.05) is 10.6 Å². The minimum Gasteiger partial charge on any atom is -0.349 e. The number of para-hydroxylation sites is 2. The molecule has 0 unspecified atom stereocenters. The normalized spacial score (nSPS) is 18.0. The molecule has 150 valence electrons. The molecule has 8 heteroatoms. The topological polar surface area (TPSA) is 88.9 Å². The van der Waals surface area contributed by atoms with Gasteiger partial charge in [-0.25, -0.2) is 9.07 Å². The first kappa shape index (κ1) is 17.5. The van der Waals surface area contributed by atoms with Gasteiger partial charge in [0.2, 0.25) is 5.66 Å². The van der Waals surface area contributed by atoms with E-state index in [-0.39, 0.29) is 17.4 Å². The van der Waals surface area contributed by atoms with E-state index in [0.717, 1.165) is 0 Å². The van der Waals surface area contributed by atoms with Gasteiger partial charge in [-0.05, 0) is 42.5 Å². The Kier molecular flexibility index (Phi) is 3.44. The third-order valence-corrected chi connectivity index (χ3v) is 5.62. The van der Waals surface area contributed by atoms with Crippen LogP contribution in [0.3, 0.4) is 0 Å². The van der Waals surface area contributed by atoms with E-state index < -0.39 is 17.0 Å². The number of nitrogens with zero attached hydrogens (tertiary/aromatic N) is 3. The van der Waals surface area contributed by atoms with Crippen LogP contribution in [0.4, 0.5) is 15.8 Å². The van der Waals surface area contributed by atoms with Crippen LogP contribution in [0.5, 0.6) is 0 Å². The number of halogens is 1. The van der Waals surface area contributed by atoms with Gasteiger partial charge in [-0.15, -0.1) is 0 Å². The molecular formula is C23H14FN5O2. The first-order valence-electron chi connectivity index (χ1n) is 9.64. The highest BCUT2D eigenvalue weighted by Crippen LogP contribution is 2.45. The highest BCUT2D eigenvalue weighted by molar-refractivity contribution is 6.09. The van der Waals surface area contributed by atoms with E-state index in [4.69, 9.17) is 0 Å². The Labute approximate surface area is 175 Å². The standard InChI is InChI=1S/C23H14FN5O2/c24-14-11-9-13(10-12-14)19-21(30)26-20-15-5-1-3-7-17(15)27-23(29(20)28-19)16-6-2-4-8-18(16)25-22(23)31/h1-12,27H,(H,25,31)/t23-/m1/s1. The number of hydrogen-bond acceptors (Lipinski definition) is 5. The van der Waals surface area contributed by atoms with E-state index in [1.807, 2.05) is 42.5 Å². The molecule has 3 aromatic carbocycles. The third kappa shape index (κ3) is 2.32. The van der Waals surface area contributed by atoms with E-state index in [1.54, 1.807) is 6.07 Å².